The van der Waals surface area contributed by atoms with Gasteiger partial charge in [-0.25, -0.2) is 8.42 Å². The van der Waals surface area contributed by atoms with E-state index in [4.69, 9.17) is 4.74 Å². The SMILES string of the molecule is CC(C)NCCS(=O)(=O)N1CCOC2CCCCC21. The van der Waals surface area contributed by atoms with Gasteiger partial charge in [0.1, 0.15) is 0 Å². The van der Waals surface area contributed by atoms with Gasteiger partial charge < -0.3 is 10.1 Å². The van der Waals surface area contributed by atoms with Gasteiger partial charge >= 0.3 is 0 Å². The molecule has 2 atom stereocenters. The van der Waals surface area contributed by atoms with Gasteiger partial charge in [-0.15, -0.1) is 0 Å². The Labute approximate surface area is 116 Å². The number of rotatable bonds is 5. The molecule has 5 nitrogen and oxygen atoms in total. The normalized spacial score (nSPS) is 29.4. The van der Waals surface area contributed by atoms with Crippen LogP contribution in [0.3, 0.4) is 0 Å². The molecule has 2 rings (SSSR count). The van der Waals surface area contributed by atoms with Gasteiger partial charge in [-0.05, 0) is 12.8 Å². The second kappa shape index (κ2) is 6.52. The zero-order valence-electron chi connectivity index (χ0n) is 12.0. The summed E-state index contributed by atoms with van der Waals surface area (Å²) in [5.74, 6) is 0.189. The van der Waals surface area contributed by atoms with Crippen molar-refractivity contribution < 1.29 is 13.2 Å². The van der Waals surface area contributed by atoms with Gasteiger partial charge in [0.25, 0.3) is 0 Å². The van der Waals surface area contributed by atoms with Crippen molar-refractivity contribution in [2.24, 2.45) is 0 Å². The van der Waals surface area contributed by atoms with Crippen molar-refractivity contribution in [1.82, 2.24) is 9.62 Å². The Balaban J connectivity index is 1.97. The molecule has 1 aliphatic carbocycles. The third-order valence-electron chi connectivity index (χ3n) is 3.95. The van der Waals surface area contributed by atoms with E-state index in [-0.39, 0.29) is 17.9 Å². The Morgan fingerprint density at radius 3 is 2.79 bits per heavy atom. The summed E-state index contributed by atoms with van der Waals surface area (Å²) in [5, 5.41) is 3.18. The molecule has 0 aromatic heterocycles. The molecule has 19 heavy (non-hydrogen) atoms. The summed E-state index contributed by atoms with van der Waals surface area (Å²) in [6.45, 7) is 5.63. The number of fused-ring (bicyclic) bond motifs is 1. The predicted octanol–water partition coefficient (Wildman–Crippen LogP) is 0.958. The van der Waals surface area contributed by atoms with Gasteiger partial charge in [-0.2, -0.15) is 4.31 Å². The third-order valence-corrected chi connectivity index (χ3v) is 5.84. The minimum Gasteiger partial charge on any atom is -0.375 e. The quantitative estimate of drug-likeness (QED) is 0.819. The van der Waals surface area contributed by atoms with Gasteiger partial charge in [0.05, 0.1) is 24.5 Å². The standard InChI is InChI=1S/C13H26N2O3S/c1-11(2)14-7-10-19(16,17)15-8-9-18-13-6-4-3-5-12(13)15/h11-14H,3-10H2,1-2H3. The molecule has 0 aromatic rings. The maximum atomic E-state index is 12.5. The fourth-order valence-electron chi connectivity index (χ4n) is 3.00. The molecule has 0 aromatic carbocycles. The second-order valence-electron chi connectivity index (χ2n) is 5.80. The molecular formula is C13H26N2O3S. The maximum absolute atomic E-state index is 12.5. The lowest BCUT2D eigenvalue weighted by Crippen LogP contribution is -2.55. The van der Waals surface area contributed by atoms with E-state index in [9.17, 15) is 8.42 Å². The van der Waals surface area contributed by atoms with E-state index in [1.807, 2.05) is 13.8 Å². The summed E-state index contributed by atoms with van der Waals surface area (Å²) in [7, 11) is -3.16. The fourth-order valence-corrected chi connectivity index (χ4v) is 4.62. The zero-order valence-corrected chi connectivity index (χ0v) is 12.8. The molecule has 112 valence electrons. The van der Waals surface area contributed by atoms with Crippen LogP contribution in [0.4, 0.5) is 0 Å². The number of hydrogen-bond acceptors (Lipinski definition) is 4. The van der Waals surface area contributed by atoms with Gasteiger partial charge in [0.2, 0.25) is 10.0 Å². The molecule has 1 saturated carbocycles. The van der Waals surface area contributed by atoms with E-state index < -0.39 is 10.0 Å². The average Bonchev–Trinajstić information content (AvgIpc) is 2.37. The van der Waals surface area contributed by atoms with Crippen LogP contribution in [0, 0.1) is 0 Å². The van der Waals surface area contributed by atoms with Gasteiger partial charge in [0.15, 0.2) is 0 Å². The van der Waals surface area contributed by atoms with E-state index in [0.29, 0.717) is 25.7 Å². The maximum Gasteiger partial charge on any atom is 0.215 e. The summed E-state index contributed by atoms with van der Waals surface area (Å²) < 4.78 is 32.3. The number of sulfonamides is 1. The van der Waals surface area contributed by atoms with Crippen LogP contribution in [0.5, 0.6) is 0 Å². The topological polar surface area (TPSA) is 58.6 Å². The third kappa shape index (κ3) is 3.90. The van der Waals surface area contributed by atoms with Crippen LogP contribution in [0.25, 0.3) is 0 Å². The lowest BCUT2D eigenvalue weighted by molar-refractivity contribution is -0.0585. The molecule has 1 N–H and O–H groups in total. The number of hydrogen-bond donors (Lipinski definition) is 1. The van der Waals surface area contributed by atoms with Crippen molar-refractivity contribution in [3.63, 3.8) is 0 Å². The Kier molecular flexibility index (Phi) is 5.22. The van der Waals surface area contributed by atoms with Crippen LogP contribution < -0.4 is 5.32 Å². The highest BCUT2D eigenvalue weighted by Crippen LogP contribution is 2.30. The molecule has 1 aliphatic heterocycles. The highest BCUT2D eigenvalue weighted by molar-refractivity contribution is 7.89. The summed E-state index contributed by atoms with van der Waals surface area (Å²) in [4.78, 5) is 0. The molecule has 6 heteroatoms. The van der Waals surface area contributed by atoms with Crippen molar-refractivity contribution in [2.45, 2.75) is 57.7 Å². The second-order valence-corrected chi connectivity index (χ2v) is 7.84. The van der Waals surface area contributed by atoms with Crippen molar-refractivity contribution >= 4 is 10.0 Å². The van der Waals surface area contributed by atoms with Crippen molar-refractivity contribution in [3.05, 3.63) is 0 Å². The molecule has 0 spiro atoms. The number of nitrogens with one attached hydrogen (secondary N) is 1. The summed E-state index contributed by atoms with van der Waals surface area (Å²) in [5.41, 5.74) is 0. The largest absolute Gasteiger partial charge is 0.375 e. The Morgan fingerprint density at radius 2 is 2.05 bits per heavy atom. The molecular weight excluding hydrogens is 264 g/mol. The summed E-state index contributed by atoms with van der Waals surface area (Å²) in [6.07, 6.45) is 4.34. The molecule has 0 radical (unpaired) electrons. The van der Waals surface area contributed by atoms with Gasteiger partial charge in [-0.1, -0.05) is 26.7 Å². The van der Waals surface area contributed by atoms with Crippen molar-refractivity contribution in [3.8, 4) is 0 Å². The molecule has 1 saturated heterocycles. The monoisotopic (exact) mass is 290 g/mol. The molecule has 2 unspecified atom stereocenters. The fraction of sp³-hybridized carbons (Fsp3) is 1.00. The van der Waals surface area contributed by atoms with E-state index >= 15 is 0 Å². The van der Waals surface area contributed by atoms with Crippen LogP contribution in [0.2, 0.25) is 0 Å². The molecule has 2 fully saturated rings. The van der Waals surface area contributed by atoms with E-state index in [0.717, 1.165) is 25.7 Å². The first-order valence-electron chi connectivity index (χ1n) is 7.35. The van der Waals surface area contributed by atoms with Crippen LogP contribution in [-0.4, -0.2) is 56.4 Å². The van der Waals surface area contributed by atoms with E-state index in [1.54, 1.807) is 4.31 Å². The minimum absolute atomic E-state index is 0.0755. The first-order chi connectivity index (χ1) is 9.00. The van der Waals surface area contributed by atoms with Gasteiger partial charge in [-0.3, -0.25) is 0 Å². The number of morpholine rings is 1. The van der Waals surface area contributed by atoms with Crippen molar-refractivity contribution in [1.29, 1.82) is 0 Å². The van der Waals surface area contributed by atoms with Crippen LogP contribution >= 0.6 is 0 Å². The summed E-state index contributed by atoms with van der Waals surface area (Å²) in [6, 6.07) is 0.397. The van der Waals surface area contributed by atoms with E-state index in [2.05, 4.69) is 5.32 Å². The first-order valence-corrected chi connectivity index (χ1v) is 8.96. The smallest absolute Gasteiger partial charge is 0.215 e. The highest BCUT2D eigenvalue weighted by Gasteiger charge is 2.39. The van der Waals surface area contributed by atoms with Crippen LogP contribution in [0.15, 0.2) is 0 Å². The number of ether oxygens (including phenoxy) is 1. The first kappa shape index (κ1) is 15.2. The van der Waals surface area contributed by atoms with Crippen LogP contribution in [-0.2, 0) is 14.8 Å². The molecule has 0 amide bonds. The molecule has 0 bridgehead atoms. The minimum atomic E-state index is -3.16. The Hall–Kier alpha value is -0.170. The van der Waals surface area contributed by atoms with Crippen molar-refractivity contribution in [2.75, 3.05) is 25.4 Å². The molecule has 1 heterocycles. The Morgan fingerprint density at radius 1 is 1.32 bits per heavy atom. The lowest BCUT2D eigenvalue weighted by Gasteiger charge is -2.42. The molecule has 2 aliphatic rings. The Bertz CT molecular complexity index is 381. The zero-order chi connectivity index (χ0) is 13.9. The highest BCUT2D eigenvalue weighted by atomic mass is 32.2. The summed E-state index contributed by atoms with van der Waals surface area (Å²) >= 11 is 0. The number of nitrogens with zero attached hydrogens (tertiary/aromatic N) is 1. The van der Waals surface area contributed by atoms with E-state index in [1.165, 1.54) is 0 Å². The van der Waals surface area contributed by atoms with Crippen LogP contribution in [0.1, 0.15) is 39.5 Å². The van der Waals surface area contributed by atoms with Gasteiger partial charge in [0, 0.05) is 19.1 Å². The average molecular weight is 290 g/mol. The lowest BCUT2D eigenvalue weighted by atomic mass is 9.91. The predicted molar refractivity (Wildman–Crippen MR) is 75.6 cm³/mol.